The number of para-hydroxylation sites is 2. The molecular weight excluding hydrogens is 326 g/mol. The summed E-state index contributed by atoms with van der Waals surface area (Å²) in [7, 11) is 2.22. The Morgan fingerprint density at radius 3 is 2.58 bits per heavy atom. The first-order chi connectivity index (χ1) is 12.6. The number of nitrogens with zero attached hydrogens (tertiary/aromatic N) is 4. The molecule has 1 atom stereocenters. The zero-order valence-corrected chi connectivity index (χ0v) is 16.4. The third kappa shape index (κ3) is 4.61. The largest absolute Gasteiger partial charge is 0.506 e. The third-order valence-electron chi connectivity index (χ3n) is 5.46. The molecule has 1 saturated carbocycles. The minimum absolute atomic E-state index is 0.360. The van der Waals surface area contributed by atoms with E-state index in [9.17, 15) is 5.11 Å². The van der Waals surface area contributed by atoms with E-state index in [0.717, 1.165) is 57.0 Å². The molecule has 2 N–H and O–H groups in total. The molecule has 1 aliphatic carbocycles. The molecule has 144 valence electrons. The fourth-order valence-corrected chi connectivity index (χ4v) is 3.51. The summed E-state index contributed by atoms with van der Waals surface area (Å²) < 4.78 is 0. The van der Waals surface area contributed by atoms with Crippen molar-refractivity contribution in [3.8, 4) is 5.75 Å². The highest BCUT2D eigenvalue weighted by atomic mass is 16.3. The van der Waals surface area contributed by atoms with Crippen LogP contribution in [0.3, 0.4) is 0 Å². The summed E-state index contributed by atoms with van der Waals surface area (Å²) in [5.74, 6) is 1.37. The summed E-state index contributed by atoms with van der Waals surface area (Å²) >= 11 is 0. The van der Waals surface area contributed by atoms with E-state index >= 15 is 0 Å². The molecular formula is C20H33N5O. The molecule has 1 heterocycles. The number of hydrogen-bond donors (Lipinski definition) is 2. The Morgan fingerprint density at radius 2 is 1.96 bits per heavy atom. The molecule has 2 fully saturated rings. The van der Waals surface area contributed by atoms with Gasteiger partial charge < -0.3 is 20.2 Å². The van der Waals surface area contributed by atoms with Crippen LogP contribution in [-0.2, 0) is 0 Å². The number of benzene rings is 1. The van der Waals surface area contributed by atoms with Crippen LogP contribution in [0.25, 0.3) is 0 Å². The number of aromatic hydroxyl groups is 1. The van der Waals surface area contributed by atoms with Crippen molar-refractivity contribution in [2.75, 3.05) is 51.2 Å². The summed E-state index contributed by atoms with van der Waals surface area (Å²) in [5, 5.41) is 13.5. The van der Waals surface area contributed by atoms with Gasteiger partial charge in [-0.25, -0.2) is 0 Å². The predicted octanol–water partition coefficient (Wildman–Crippen LogP) is 1.96. The summed E-state index contributed by atoms with van der Waals surface area (Å²) in [6.45, 7) is 9.69. The Kier molecular flexibility index (Phi) is 6.25. The normalized spacial score (nSPS) is 19.8. The van der Waals surface area contributed by atoms with Crippen LogP contribution in [0.5, 0.6) is 5.75 Å². The Bertz CT molecular complexity index is 608. The lowest BCUT2D eigenvalue weighted by Gasteiger charge is -2.38. The van der Waals surface area contributed by atoms with Gasteiger partial charge in [0.25, 0.3) is 0 Å². The molecule has 3 rings (SSSR count). The van der Waals surface area contributed by atoms with Crippen LogP contribution in [0.4, 0.5) is 5.69 Å². The maximum atomic E-state index is 10.1. The van der Waals surface area contributed by atoms with Crippen molar-refractivity contribution < 1.29 is 5.11 Å². The molecule has 0 radical (unpaired) electrons. The van der Waals surface area contributed by atoms with Crippen LogP contribution in [0.15, 0.2) is 29.3 Å². The first-order valence-electron chi connectivity index (χ1n) is 9.88. The van der Waals surface area contributed by atoms with Crippen LogP contribution in [-0.4, -0.2) is 79.3 Å². The molecule has 1 aromatic rings. The molecule has 0 spiro atoms. The monoisotopic (exact) mass is 359 g/mol. The van der Waals surface area contributed by atoms with Gasteiger partial charge in [-0.3, -0.25) is 9.89 Å². The van der Waals surface area contributed by atoms with Gasteiger partial charge in [0.1, 0.15) is 5.75 Å². The summed E-state index contributed by atoms with van der Waals surface area (Å²) in [6, 6.07) is 8.82. The van der Waals surface area contributed by atoms with E-state index in [1.165, 1.54) is 12.8 Å². The van der Waals surface area contributed by atoms with Gasteiger partial charge in [0.2, 0.25) is 0 Å². The molecule has 6 heteroatoms. The van der Waals surface area contributed by atoms with Crippen LogP contribution < -0.4 is 10.2 Å². The highest BCUT2D eigenvalue weighted by molar-refractivity contribution is 5.80. The van der Waals surface area contributed by atoms with Crippen LogP contribution >= 0.6 is 0 Å². The third-order valence-corrected chi connectivity index (χ3v) is 5.46. The second-order valence-corrected chi connectivity index (χ2v) is 7.40. The Labute approximate surface area is 157 Å². The highest BCUT2D eigenvalue weighted by Crippen LogP contribution is 2.28. The molecule has 1 saturated heterocycles. The van der Waals surface area contributed by atoms with Gasteiger partial charge in [-0.05, 0) is 45.9 Å². The van der Waals surface area contributed by atoms with Crippen molar-refractivity contribution in [2.45, 2.75) is 38.8 Å². The zero-order chi connectivity index (χ0) is 18.5. The number of rotatable bonds is 6. The Balaban J connectivity index is 1.57. The van der Waals surface area contributed by atoms with Gasteiger partial charge in [-0.15, -0.1) is 0 Å². The molecule has 2 aliphatic rings. The van der Waals surface area contributed by atoms with Crippen molar-refractivity contribution in [2.24, 2.45) is 4.99 Å². The van der Waals surface area contributed by atoms with Gasteiger partial charge >= 0.3 is 0 Å². The van der Waals surface area contributed by atoms with E-state index in [1.54, 1.807) is 6.07 Å². The van der Waals surface area contributed by atoms with E-state index in [0.29, 0.717) is 11.8 Å². The molecule has 1 unspecified atom stereocenters. The molecule has 1 aliphatic heterocycles. The average molecular weight is 360 g/mol. The number of guanidine groups is 1. The minimum atomic E-state index is 0.360. The SMILES string of the molecule is CCNC(=NCC(C)N(C)C1CC1)N1CCN(c2ccccc2O)CC1. The van der Waals surface area contributed by atoms with Crippen molar-refractivity contribution >= 4 is 11.6 Å². The first-order valence-corrected chi connectivity index (χ1v) is 9.88. The second-order valence-electron chi connectivity index (χ2n) is 7.40. The van der Waals surface area contributed by atoms with E-state index in [1.807, 2.05) is 18.2 Å². The smallest absolute Gasteiger partial charge is 0.194 e. The highest BCUT2D eigenvalue weighted by Gasteiger charge is 2.29. The topological polar surface area (TPSA) is 54.3 Å². The molecule has 26 heavy (non-hydrogen) atoms. The molecule has 0 amide bonds. The van der Waals surface area contributed by atoms with Gasteiger partial charge in [0.05, 0.1) is 12.2 Å². The van der Waals surface area contributed by atoms with Crippen LogP contribution in [0.1, 0.15) is 26.7 Å². The molecule has 1 aromatic carbocycles. The van der Waals surface area contributed by atoms with Gasteiger partial charge in [0.15, 0.2) is 5.96 Å². The van der Waals surface area contributed by atoms with Gasteiger partial charge in [0, 0.05) is 44.8 Å². The van der Waals surface area contributed by atoms with E-state index in [4.69, 9.17) is 4.99 Å². The van der Waals surface area contributed by atoms with Gasteiger partial charge in [-0.1, -0.05) is 12.1 Å². The minimum Gasteiger partial charge on any atom is -0.506 e. The van der Waals surface area contributed by atoms with Crippen molar-refractivity contribution in [3.63, 3.8) is 0 Å². The Morgan fingerprint density at radius 1 is 1.27 bits per heavy atom. The van der Waals surface area contributed by atoms with E-state index < -0.39 is 0 Å². The lowest BCUT2D eigenvalue weighted by molar-refractivity contribution is 0.252. The maximum absolute atomic E-state index is 10.1. The number of aliphatic imine (C=N–C) groups is 1. The number of phenols is 1. The molecule has 0 aromatic heterocycles. The molecule has 6 nitrogen and oxygen atoms in total. The van der Waals surface area contributed by atoms with Crippen molar-refractivity contribution in [3.05, 3.63) is 24.3 Å². The summed E-state index contributed by atoms with van der Waals surface area (Å²) in [6.07, 6.45) is 2.66. The van der Waals surface area contributed by atoms with Crippen LogP contribution in [0, 0.1) is 0 Å². The predicted molar refractivity (Wildman–Crippen MR) is 108 cm³/mol. The lowest BCUT2D eigenvalue weighted by Crippen LogP contribution is -2.53. The van der Waals surface area contributed by atoms with Gasteiger partial charge in [-0.2, -0.15) is 0 Å². The fraction of sp³-hybridized carbons (Fsp3) is 0.650. The number of hydrogen-bond acceptors (Lipinski definition) is 4. The average Bonchev–Trinajstić information content (AvgIpc) is 3.50. The zero-order valence-electron chi connectivity index (χ0n) is 16.4. The number of nitrogens with one attached hydrogen (secondary N) is 1. The van der Waals surface area contributed by atoms with E-state index in [-0.39, 0.29) is 0 Å². The fourth-order valence-electron chi connectivity index (χ4n) is 3.51. The standard InChI is InChI=1S/C20H33N5O/c1-4-21-20(22-15-16(2)23(3)17-9-10-17)25-13-11-24(12-14-25)18-7-5-6-8-19(18)26/h5-8,16-17,26H,4,9-15H2,1-3H3,(H,21,22). The number of piperazine rings is 1. The number of anilines is 1. The summed E-state index contributed by atoms with van der Waals surface area (Å²) in [4.78, 5) is 12.0. The lowest BCUT2D eigenvalue weighted by atomic mass is 10.2. The van der Waals surface area contributed by atoms with E-state index in [2.05, 4.69) is 40.9 Å². The first kappa shape index (κ1) is 18.8. The summed E-state index contributed by atoms with van der Waals surface area (Å²) in [5.41, 5.74) is 0.925. The van der Waals surface area contributed by atoms with Crippen LogP contribution in [0.2, 0.25) is 0 Å². The van der Waals surface area contributed by atoms with Crippen molar-refractivity contribution in [1.29, 1.82) is 0 Å². The number of phenolic OH excluding ortho intramolecular Hbond substituents is 1. The molecule has 0 bridgehead atoms. The quantitative estimate of drug-likeness (QED) is 0.601. The van der Waals surface area contributed by atoms with Crippen molar-refractivity contribution in [1.82, 2.24) is 15.1 Å². The maximum Gasteiger partial charge on any atom is 0.194 e. The number of likely N-dealkylation sites (N-methyl/N-ethyl adjacent to an activating group) is 1. The second kappa shape index (κ2) is 8.62. The Hall–Kier alpha value is -1.95.